The van der Waals surface area contributed by atoms with E-state index in [9.17, 15) is 4.79 Å². The van der Waals surface area contributed by atoms with Crippen LogP contribution in [-0.2, 0) is 14.4 Å². The molecule has 0 radical (unpaired) electrons. The van der Waals surface area contributed by atoms with E-state index in [4.69, 9.17) is 4.74 Å². The molecule has 66 valence electrons. The Bertz CT molecular complexity index is 114. The first-order chi connectivity index (χ1) is 5.16. The molecule has 0 spiro atoms. The topological polar surface area (TPSA) is 38.8 Å². The van der Waals surface area contributed by atoms with Gasteiger partial charge < -0.3 is 9.57 Å². The normalized spacial score (nSPS) is 10.2. The van der Waals surface area contributed by atoms with Gasteiger partial charge in [0.2, 0.25) is 0 Å². The van der Waals surface area contributed by atoms with Gasteiger partial charge in [-0.1, -0.05) is 6.92 Å². The van der Waals surface area contributed by atoms with Crippen LogP contribution >= 0.6 is 0 Å². The molecular formula is C7H15NO3. The van der Waals surface area contributed by atoms with Crippen molar-refractivity contribution in [2.45, 2.75) is 13.3 Å². The summed E-state index contributed by atoms with van der Waals surface area (Å²) in [7, 11) is 3.30. The van der Waals surface area contributed by atoms with Gasteiger partial charge in [-0.05, 0) is 6.42 Å². The molecule has 0 fully saturated rings. The summed E-state index contributed by atoms with van der Waals surface area (Å²) >= 11 is 0. The molecule has 0 bridgehead atoms. The van der Waals surface area contributed by atoms with Crippen LogP contribution < -0.4 is 0 Å². The predicted octanol–water partition coefficient (Wildman–Crippen LogP) is 0.433. The minimum Gasteiger partial charge on any atom is -0.370 e. The second-order valence-electron chi connectivity index (χ2n) is 2.33. The molecule has 0 N–H and O–H groups in total. The molecule has 0 aliphatic carbocycles. The molecular weight excluding hydrogens is 146 g/mol. The summed E-state index contributed by atoms with van der Waals surface area (Å²) in [5, 5.41) is 1.34. The van der Waals surface area contributed by atoms with Crippen molar-refractivity contribution in [3.05, 3.63) is 0 Å². The molecule has 0 heterocycles. The Balaban J connectivity index is 3.23. The summed E-state index contributed by atoms with van der Waals surface area (Å²) in [4.78, 5) is 15.4. The van der Waals surface area contributed by atoms with Gasteiger partial charge in [-0.25, -0.2) is 4.79 Å². The Hall–Kier alpha value is -0.610. The van der Waals surface area contributed by atoms with Gasteiger partial charge in [0.15, 0.2) is 0 Å². The Labute approximate surface area is 67.0 Å². The van der Waals surface area contributed by atoms with Gasteiger partial charge in [0.1, 0.15) is 6.61 Å². The van der Waals surface area contributed by atoms with Crippen molar-refractivity contribution in [3.8, 4) is 0 Å². The molecule has 0 saturated heterocycles. The van der Waals surface area contributed by atoms with Gasteiger partial charge in [0, 0.05) is 20.7 Å². The summed E-state index contributed by atoms with van der Waals surface area (Å²) in [5.74, 6) is -0.358. The lowest BCUT2D eigenvalue weighted by molar-refractivity contribution is -0.183. The average Bonchev–Trinajstić information content (AvgIpc) is 1.86. The minimum atomic E-state index is -0.358. The molecule has 0 unspecified atom stereocenters. The lowest BCUT2D eigenvalue weighted by Gasteiger charge is -2.09. The third-order valence-corrected chi connectivity index (χ3v) is 0.853. The number of carbonyl (C=O) groups excluding carboxylic acids is 1. The van der Waals surface area contributed by atoms with Crippen molar-refractivity contribution < 1.29 is 14.4 Å². The van der Waals surface area contributed by atoms with Crippen LogP contribution in [0.1, 0.15) is 13.3 Å². The third-order valence-electron chi connectivity index (χ3n) is 0.853. The van der Waals surface area contributed by atoms with E-state index < -0.39 is 0 Å². The lowest BCUT2D eigenvalue weighted by Crippen LogP contribution is -2.22. The quantitative estimate of drug-likeness (QED) is 0.433. The maximum Gasteiger partial charge on any atom is 0.350 e. The fraction of sp³-hybridized carbons (Fsp3) is 0.857. The third kappa shape index (κ3) is 7.29. The van der Waals surface area contributed by atoms with Crippen molar-refractivity contribution in [2.75, 3.05) is 27.3 Å². The zero-order valence-electron chi connectivity index (χ0n) is 7.29. The smallest absolute Gasteiger partial charge is 0.350 e. The number of carbonyl (C=O) groups is 1. The molecule has 11 heavy (non-hydrogen) atoms. The first-order valence-corrected chi connectivity index (χ1v) is 3.62. The number of hydrogen-bond acceptors (Lipinski definition) is 4. The first kappa shape index (κ1) is 10.4. The molecule has 0 amide bonds. The molecule has 0 saturated carbocycles. The van der Waals surface area contributed by atoms with Gasteiger partial charge in [-0.3, -0.25) is 0 Å². The molecule has 0 aromatic rings. The maximum absolute atomic E-state index is 10.7. The number of hydroxylamine groups is 2. The molecule has 0 aromatic heterocycles. The SMILES string of the molecule is CCCOCC(=O)ON(C)C. The van der Waals surface area contributed by atoms with E-state index in [1.165, 1.54) is 5.06 Å². The molecule has 0 aliphatic rings. The first-order valence-electron chi connectivity index (χ1n) is 3.62. The van der Waals surface area contributed by atoms with Gasteiger partial charge in [-0.2, -0.15) is 0 Å². The van der Waals surface area contributed by atoms with Crippen LogP contribution in [0.5, 0.6) is 0 Å². The molecule has 0 atom stereocenters. The van der Waals surface area contributed by atoms with Crippen LogP contribution in [0.3, 0.4) is 0 Å². The molecule has 0 rings (SSSR count). The Morgan fingerprint density at radius 1 is 1.45 bits per heavy atom. The summed E-state index contributed by atoms with van der Waals surface area (Å²) in [6.07, 6.45) is 0.912. The molecule has 4 heteroatoms. The van der Waals surface area contributed by atoms with E-state index in [2.05, 4.69) is 4.84 Å². The fourth-order valence-corrected chi connectivity index (χ4v) is 0.530. The monoisotopic (exact) mass is 161 g/mol. The van der Waals surface area contributed by atoms with Gasteiger partial charge in [0.25, 0.3) is 0 Å². The molecule has 0 aliphatic heterocycles. The van der Waals surface area contributed by atoms with E-state index >= 15 is 0 Å². The zero-order valence-corrected chi connectivity index (χ0v) is 7.29. The fourth-order valence-electron chi connectivity index (χ4n) is 0.530. The second-order valence-corrected chi connectivity index (χ2v) is 2.33. The molecule has 0 aromatic carbocycles. The second kappa shape index (κ2) is 6.12. The number of hydrogen-bond donors (Lipinski definition) is 0. The van der Waals surface area contributed by atoms with Crippen molar-refractivity contribution in [1.82, 2.24) is 5.06 Å². The Kier molecular flexibility index (Phi) is 5.78. The van der Waals surface area contributed by atoms with Gasteiger partial charge >= 0.3 is 5.97 Å². The summed E-state index contributed by atoms with van der Waals surface area (Å²) in [5.41, 5.74) is 0. The van der Waals surface area contributed by atoms with E-state index in [-0.39, 0.29) is 12.6 Å². The standard InChI is InChI=1S/C7H15NO3/c1-4-5-10-6-7(9)11-8(2)3/h4-6H2,1-3H3. The lowest BCUT2D eigenvalue weighted by atomic mass is 10.5. The summed E-state index contributed by atoms with van der Waals surface area (Å²) < 4.78 is 4.94. The van der Waals surface area contributed by atoms with Crippen LogP contribution in [0.25, 0.3) is 0 Å². The highest BCUT2D eigenvalue weighted by atomic mass is 16.7. The highest BCUT2D eigenvalue weighted by molar-refractivity contribution is 5.70. The largest absolute Gasteiger partial charge is 0.370 e. The van der Waals surface area contributed by atoms with Crippen molar-refractivity contribution in [3.63, 3.8) is 0 Å². The van der Waals surface area contributed by atoms with Crippen molar-refractivity contribution >= 4 is 5.97 Å². The number of ether oxygens (including phenoxy) is 1. The molecule has 4 nitrogen and oxygen atoms in total. The summed E-state index contributed by atoms with van der Waals surface area (Å²) in [6.45, 7) is 2.62. The van der Waals surface area contributed by atoms with Crippen LogP contribution in [0.2, 0.25) is 0 Å². The van der Waals surface area contributed by atoms with Crippen molar-refractivity contribution in [2.24, 2.45) is 0 Å². The van der Waals surface area contributed by atoms with Crippen LogP contribution in [0, 0.1) is 0 Å². The van der Waals surface area contributed by atoms with E-state index in [0.29, 0.717) is 6.61 Å². The number of rotatable bonds is 5. The van der Waals surface area contributed by atoms with Gasteiger partial charge in [-0.15, -0.1) is 5.06 Å². The average molecular weight is 161 g/mol. The maximum atomic E-state index is 10.7. The van der Waals surface area contributed by atoms with Crippen LogP contribution in [-0.4, -0.2) is 38.3 Å². The Morgan fingerprint density at radius 2 is 2.09 bits per heavy atom. The van der Waals surface area contributed by atoms with Crippen molar-refractivity contribution in [1.29, 1.82) is 0 Å². The van der Waals surface area contributed by atoms with E-state index in [0.717, 1.165) is 6.42 Å². The Morgan fingerprint density at radius 3 is 2.55 bits per heavy atom. The summed E-state index contributed by atoms with van der Waals surface area (Å²) in [6, 6.07) is 0. The van der Waals surface area contributed by atoms with Crippen LogP contribution in [0.4, 0.5) is 0 Å². The highest BCUT2D eigenvalue weighted by Gasteiger charge is 2.02. The van der Waals surface area contributed by atoms with E-state index in [1.807, 2.05) is 6.92 Å². The van der Waals surface area contributed by atoms with Gasteiger partial charge in [0.05, 0.1) is 0 Å². The van der Waals surface area contributed by atoms with E-state index in [1.54, 1.807) is 14.1 Å². The van der Waals surface area contributed by atoms with Crippen LogP contribution in [0.15, 0.2) is 0 Å². The minimum absolute atomic E-state index is 0.0337. The predicted molar refractivity (Wildman–Crippen MR) is 40.9 cm³/mol. The number of nitrogens with zero attached hydrogens (tertiary/aromatic N) is 1. The zero-order chi connectivity index (χ0) is 8.69. The highest BCUT2D eigenvalue weighted by Crippen LogP contribution is 1.85.